The standard InChI is InChI=1S/C20H24N2O2S/c1-4-6-8-9-16(3)15-21-19(23)22(25-20(21)24)18-13-11-17(12-14-18)10-7-5-2/h4,6,8-9,11-14H,1,5,7,10,15H2,2-3H3/b8-6-,16-9+. The van der Waals surface area contributed by atoms with Crippen LogP contribution in [0.3, 0.4) is 0 Å². The summed E-state index contributed by atoms with van der Waals surface area (Å²) in [5.74, 6) is 0. The van der Waals surface area contributed by atoms with Gasteiger partial charge in [-0.05, 0) is 37.5 Å². The van der Waals surface area contributed by atoms with Crippen LogP contribution in [0.15, 0.2) is 70.3 Å². The van der Waals surface area contributed by atoms with Gasteiger partial charge in [0.05, 0.1) is 12.2 Å². The molecule has 1 aromatic carbocycles. The molecule has 0 unspecified atom stereocenters. The van der Waals surface area contributed by atoms with Gasteiger partial charge in [0.2, 0.25) is 0 Å². The molecule has 0 saturated carbocycles. The number of allylic oxidation sites excluding steroid dienone is 5. The normalized spacial score (nSPS) is 12.0. The van der Waals surface area contributed by atoms with Crippen molar-refractivity contribution in [2.45, 2.75) is 39.7 Å². The van der Waals surface area contributed by atoms with E-state index in [4.69, 9.17) is 0 Å². The minimum Gasteiger partial charge on any atom is -0.255 e. The number of aromatic nitrogens is 2. The highest BCUT2D eigenvalue weighted by Crippen LogP contribution is 2.11. The van der Waals surface area contributed by atoms with E-state index in [2.05, 4.69) is 13.5 Å². The molecule has 2 aromatic rings. The van der Waals surface area contributed by atoms with Gasteiger partial charge in [-0.3, -0.25) is 4.79 Å². The Morgan fingerprint density at radius 3 is 2.56 bits per heavy atom. The summed E-state index contributed by atoms with van der Waals surface area (Å²) in [6.07, 6.45) is 10.5. The lowest BCUT2D eigenvalue weighted by molar-refractivity contribution is 0.712. The number of hydrogen-bond acceptors (Lipinski definition) is 3. The van der Waals surface area contributed by atoms with Gasteiger partial charge in [0, 0.05) is 11.5 Å². The lowest BCUT2D eigenvalue weighted by Crippen LogP contribution is -2.28. The topological polar surface area (TPSA) is 44.0 Å². The van der Waals surface area contributed by atoms with Crippen LogP contribution in [0.2, 0.25) is 0 Å². The fourth-order valence-electron chi connectivity index (χ4n) is 2.43. The first-order valence-electron chi connectivity index (χ1n) is 8.44. The molecule has 4 nitrogen and oxygen atoms in total. The van der Waals surface area contributed by atoms with Gasteiger partial charge in [0.1, 0.15) is 0 Å². The van der Waals surface area contributed by atoms with Gasteiger partial charge >= 0.3 is 10.6 Å². The molecular weight excluding hydrogens is 332 g/mol. The van der Waals surface area contributed by atoms with Crippen LogP contribution in [-0.2, 0) is 13.0 Å². The molecule has 0 aliphatic heterocycles. The van der Waals surface area contributed by atoms with Crippen molar-refractivity contribution < 1.29 is 0 Å². The van der Waals surface area contributed by atoms with E-state index < -0.39 is 0 Å². The van der Waals surface area contributed by atoms with Crippen molar-refractivity contribution in [2.24, 2.45) is 0 Å². The monoisotopic (exact) mass is 356 g/mol. The highest BCUT2D eigenvalue weighted by Gasteiger charge is 2.11. The third-order valence-electron chi connectivity index (χ3n) is 3.82. The smallest absolute Gasteiger partial charge is 0.255 e. The van der Waals surface area contributed by atoms with Gasteiger partial charge in [-0.1, -0.05) is 61.9 Å². The molecular formula is C20H24N2O2S. The van der Waals surface area contributed by atoms with Gasteiger partial charge in [-0.15, -0.1) is 0 Å². The molecule has 2 rings (SSSR count). The van der Waals surface area contributed by atoms with Gasteiger partial charge in [-0.2, -0.15) is 0 Å². The number of hydrogen-bond donors (Lipinski definition) is 0. The van der Waals surface area contributed by atoms with Crippen molar-refractivity contribution in [2.75, 3.05) is 0 Å². The van der Waals surface area contributed by atoms with Gasteiger partial charge in [0.25, 0.3) is 0 Å². The summed E-state index contributed by atoms with van der Waals surface area (Å²) in [6, 6.07) is 7.86. The predicted molar refractivity (Wildman–Crippen MR) is 106 cm³/mol. The molecule has 0 N–H and O–H groups in total. The Morgan fingerprint density at radius 2 is 1.92 bits per heavy atom. The first-order chi connectivity index (χ1) is 12.1. The molecule has 0 fully saturated rings. The van der Waals surface area contributed by atoms with E-state index in [1.54, 1.807) is 12.2 Å². The van der Waals surface area contributed by atoms with Gasteiger partial charge in [0.15, 0.2) is 0 Å². The van der Waals surface area contributed by atoms with Crippen LogP contribution in [-0.4, -0.2) is 8.52 Å². The maximum atomic E-state index is 12.6. The molecule has 0 atom stereocenters. The average Bonchev–Trinajstić information content (AvgIpc) is 2.89. The Hall–Kier alpha value is -2.40. The first kappa shape index (κ1) is 18.9. The molecule has 5 heteroatoms. The summed E-state index contributed by atoms with van der Waals surface area (Å²) >= 11 is 0.938. The Bertz CT molecular complexity index is 880. The Kier molecular flexibility index (Phi) is 6.95. The minimum atomic E-state index is -0.295. The summed E-state index contributed by atoms with van der Waals surface area (Å²) in [6.45, 7) is 7.95. The van der Waals surface area contributed by atoms with Crippen molar-refractivity contribution >= 4 is 11.5 Å². The van der Waals surface area contributed by atoms with E-state index in [-0.39, 0.29) is 17.1 Å². The van der Waals surface area contributed by atoms with Crippen LogP contribution in [0.1, 0.15) is 32.3 Å². The van der Waals surface area contributed by atoms with Crippen molar-refractivity contribution in [3.63, 3.8) is 0 Å². The van der Waals surface area contributed by atoms with Crippen molar-refractivity contribution in [3.8, 4) is 5.69 Å². The third kappa shape index (κ3) is 5.03. The molecule has 132 valence electrons. The number of rotatable bonds is 8. The van der Waals surface area contributed by atoms with Crippen LogP contribution in [0, 0.1) is 0 Å². The zero-order chi connectivity index (χ0) is 18.2. The molecule has 0 aliphatic rings. The van der Waals surface area contributed by atoms with E-state index >= 15 is 0 Å². The molecule has 0 aliphatic carbocycles. The second kappa shape index (κ2) is 9.18. The van der Waals surface area contributed by atoms with Crippen LogP contribution in [0.25, 0.3) is 5.69 Å². The molecule has 25 heavy (non-hydrogen) atoms. The molecule has 0 saturated heterocycles. The van der Waals surface area contributed by atoms with Crippen molar-refractivity contribution in [1.29, 1.82) is 0 Å². The first-order valence-corrected chi connectivity index (χ1v) is 9.21. The minimum absolute atomic E-state index is 0.250. The Balaban J connectivity index is 2.25. The summed E-state index contributed by atoms with van der Waals surface area (Å²) < 4.78 is 2.72. The molecule has 0 spiro atoms. The maximum absolute atomic E-state index is 12.6. The SMILES string of the molecule is C=C/C=C\C=C(/C)Cn1c(=O)sn(-c2ccc(CCCC)cc2)c1=O. The van der Waals surface area contributed by atoms with Gasteiger partial charge < -0.3 is 0 Å². The fourth-order valence-corrected chi connectivity index (χ4v) is 3.23. The number of benzene rings is 1. The lowest BCUT2D eigenvalue weighted by Gasteiger charge is -2.03. The average molecular weight is 356 g/mol. The van der Waals surface area contributed by atoms with Crippen molar-refractivity contribution in [3.05, 3.63) is 86.4 Å². The largest absolute Gasteiger partial charge is 0.346 e. The Morgan fingerprint density at radius 1 is 1.20 bits per heavy atom. The summed E-state index contributed by atoms with van der Waals surface area (Å²) in [4.78, 5) is 24.5. The molecule has 1 aromatic heterocycles. The number of unbranched alkanes of at least 4 members (excludes halogenated alkanes) is 1. The van der Waals surface area contributed by atoms with Crippen LogP contribution < -0.4 is 10.6 Å². The molecule has 0 radical (unpaired) electrons. The highest BCUT2D eigenvalue weighted by atomic mass is 32.1. The lowest BCUT2D eigenvalue weighted by atomic mass is 10.1. The Labute approximate surface area is 152 Å². The fraction of sp³-hybridized carbons (Fsp3) is 0.300. The third-order valence-corrected chi connectivity index (χ3v) is 4.75. The molecule has 0 amide bonds. The van der Waals surface area contributed by atoms with Gasteiger partial charge in [-0.25, -0.2) is 13.3 Å². The van der Waals surface area contributed by atoms with Crippen LogP contribution >= 0.6 is 11.5 Å². The van der Waals surface area contributed by atoms with E-state index in [9.17, 15) is 9.59 Å². The second-order valence-corrected chi connectivity index (χ2v) is 6.82. The summed E-state index contributed by atoms with van der Waals surface area (Å²) in [5, 5.41) is 0. The number of nitrogens with zero attached hydrogens (tertiary/aromatic N) is 2. The van der Waals surface area contributed by atoms with E-state index in [1.165, 1.54) is 14.1 Å². The highest BCUT2D eigenvalue weighted by molar-refractivity contribution is 7.03. The predicted octanol–water partition coefficient (Wildman–Crippen LogP) is 4.09. The quantitative estimate of drug-likeness (QED) is 0.669. The summed E-state index contributed by atoms with van der Waals surface area (Å²) in [5.41, 5.74) is 2.62. The van der Waals surface area contributed by atoms with E-state index in [1.807, 2.05) is 43.3 Å². The molecule has 0 bridgehead atoms. The van der Waals surface area contributed by atoms with Crippen LogP contribution in [0.5, 0.6) is 0 Å². The second-order valence-electron chi connectivity index (χ2n) is 5.92. The van der Waals surface area contributed by atoms with Crippen LogP contribution in [0.4, 0.5) is 0 Å². The molecule has 1 heterocycles. The van der Waals surface area contributed by atoms with Crippen molar-refractivity contribution in [1.82, 2.24) is 8.52 Å². The zero-order valence-corrected chi connectivity index (χ0v) is 15.6. The summed E-state index contributed by atoms with van der Waals surface area (Å²) in [7, 11) is 0. The zero-order valence-electron chi connectivity index (χ0n) is 14.8. The maximum Gasteiger partial charge on any atom is 0.346 e. The van der Waals surface area contributed by atoms with E-state index in [0.717, 1.165) is 42.1 Å². The number of aryl methyl sites for hydroxylation is 1. The van der Waals surface area contributed by atoms with E-state index in [0.29, 0.717) is 0 Å².